The summed E-state index contributed by atoms with van der Waals surface area (Å²) in [6.07, 6.45) is 1.01. The topological polar surface area (TPSA) is 93.6 Å². The highest BCUT2D eigenvalue weighted by Crippen LogP contribution is 2.36. The Morgan fingerprint density at radius 3 is 2.68 bits per heavy atom. The van der Waals surface area contributed by atoms with Crippen LogP contribution in [0.3, 0.4) is 0 Å². The Labute approximate surface area is 200 Å². The van der Waals surface area contributed by atoms with Crippen molar-refractivity contribution in [1.29, 1.82) is 0 Å². The number of fused-ring (bicyclic) bond motifs is 1. The number of benzene rings is 1. The fraction of sp³-hybridized carbons (Fsp3) is 0.333. The van der Waals surface area contributed by atoms with Gasteiger partial charge in [0.05, 0.1) is 41.9 Å². The van der Waals surface area contributed by atoms with Crippen LogP contribution in [0.25, 0.3) is 11.1 Å². The minimum Gasteiger partial charge on any atom is -0.496 e. The second-order valence-electron chi connectivity index (χ2n) is 8.87. The lowest BCUT2D eigenvalue weighted by Gasteiger charge is -2.24. The van der Waals surface area contributed by atoms with E-state index in [0.717, 1.165) is 4.88 Å². The van der Waals surface area contributed by atoms with Crippen LogP contribution in [0.15, 0.2) is 30.5 Å². The predicted octanol–water partition coefficient (Wildman–Crippen LogP) is 5.16. The van der Waals surface area contributed by atoms with Crippen molar-refractivity contribution >= 4 is 28.5 Å². The lowest BCUT2D eigenvalue weighted by Crippen LogP contribution is -2.33. The molecule has 1 aliphatic heterocycles. The molecule has 0 spiro atoms. The SMILES string of the molecule is COc1cccc(F)c1-c1cc(C)ncc1C(=O)Nc1nc2c(s1)CN(C(=O)OC(C)(C)C)C2. The maximum Gasteiger partial charge on any atom is 0.410 e. The van der Waals surface area contributed by atoms with Crippen LogP contribution in [0, 0.1) is 12.7 Å². The fourth-order valence-corrected chi connectivity index (χ4v) is 4.58. The molecule has 0 saturated carbocycles. The number of carbonyl (C=O) groups excluding carboxylic acids is 2. The maximum absolute atomic E-state index is 14.8. The summed E-state index contributed by atoms with van der Waals surface area (Å²) in [6, 6.07) is 6.15. The summed E-state index contributed by atoms with van der Waals surface area (Å²) in [5.74, 6) is -0.659. The Morgan fingerprint density at radius 2 is 2.00 bits per heavy atom. The van der Waals surface area contributed by atoms with Crippen molar-refractivity contribution < 1.29 is 23.5 Å². The van der Waals surface area contributed by atoms with Crippen molar-refractivity contribution in [3.63, 3.8) is 0 Å². The van der Waals surface area contributed by atoms with Gasteiger partial charge in [0.2, 0.25) is 0 Å². The van der Waals surface area contributed by atoms with E-state index in [1.807, 2.05) is 20.8 Å². The zero-order chi connectivity index (χ0) is 24.6. The molecule has 1 N–H and O–H groups in total. The van der Waals surface area contributed by atoms with E-state index in [9.17, 15) is 14.0 Å². The molecule has 1 aromatic carbocycles. The smallest absolute Gasteiger partial charge is 0.410 e. The van der Waals surface area contributed by atoms with Gasteiger partial charge in [-0.25, -0.2) is 14.2 Å². The van der Waals surface area contributed by atoms with Crippen LogP contribution in [-0.4, -0.2) is 39.6 Å². The molecule has 0 atom stereocenters. The van der Waals surface area contributed by atoms with Gasteiger partial charge in [-0.2, -0.15) is 0 Å². The number of nitrogens with zero attached hydrogens (tertiary/aromatic N) is 3. The van der Waals surface area contributed by atoms with E-state index in [-0.39, 0.29) is 11.1 Å². The van der Waals surface area contributed by atoms with E-state index in [0.29, 0.717) is 40.9 Å². The Hall–Kier alpha value is -3.53. The molecule has 34 heavy (non-hydrogen) atoms. The summed E-state index contributed by atoms with van der Waals surface area (Å²) >= 11 is 1.29. The minimum absolute atomic E-state index is 0.190. The second-order valence-corrected chi connectivity index (χ2v) is 9.95. The molecule has 2 amide bonds. The monoisotopic (exact) mass is 484 g/mol. The Kier molecular flexibility index (Phi) is 6.26. The van der Waals surface area contributed by atoms with Crippen LogP contribution in [0.1, 0.15) is 47.4 Å². The van der Waals surface area contributed by atoms with Gasteiger partial charge in [0.1, 0.15) is 17.2 Å². The quantitative estimate of drug-likeness (QED) is 0.550. The number of hydrogen-bond donors (Lipinski definition) is 1. The van der Waals surface area contributed by atoms with Crippen LogP contribution < -0.4 is 10.1 Å². The Balaban J connectivity index is 1.56. The van der Waals surface area contributed by atoms with Crippen molar-refractivity contribution in [3.8, 4) is 16.9 Å². The average Bonchev–Trinajstić information content (AvgIpc) is 3.31. The summed E-state index contributed by atoms with van der Waals surface area (Å²) in [6.45, 7) is 7.87. The van der Waals surface area contributed by atoms with E-state index >= 15 is 0 Å². The highest BCUT2D eigenvalue weighted by molar-refractivity contribution is 7.16. The normalized spacial score (nSPS) is 12.9. The van der Waals surface area contributed by atoms with Crippen LogP contribution in [-0.2, 0) is 17.8 Å². The molecule has 0 radical (unpaired) electrons. The fourth-order valence-electron chi connectivity index (χ4n) is 3.60. The number of carbonyl (C=O) groups is 2. The minimum atomic E-state index is -0.583. The summed E-state index contributed by atoms with van der Waals surface area (Å²) in [7, 11) is 1.45. The number of hydrogen-bond acceptors (Lipinski definition) is 7. The number of ether oxygens (including phenoxy) is 2. The van der Waals surface area contributed by atoms with Gasteiger partial charge in [-0.15, -0.1) is 0 Å². The highest BCUT2D eigenvalue weighted by atomic mass is 32.1. The number of methoxy groups -OCH3 is 1. The zero-order valence-corrected chi connectivity index (χ0v) is 20.4. The van der Waals surface area contributed by atoms with Crippen molar-refractivity contribution in [2.45, 2.75) is 46.4 Å². The van der Waals surface area contributed by atoms with Gasteiger partial charge in [-0.3, -0.25) is 20.0 Å². The number of amides is 2. The van der Waals surface area contributed by atoms with E-state index in [1.54, 1.807) is 30.0 Å². The molecular formula is C24H25FN4O4S. The average molecular weight is 485 g/mol. The molecule has 3 heterocycles. The van der Waals surface area contributed by atoms with Gasteiger partial charge in [0.25, 0.3) is 5.91 Å². The van der Waals surface area contributed by atoms with Crippen molar-refractivity contribution in [3.05, 3.63) is 58.1 Å². The van der Waals surface area contributed by atoms with Crippen molar-refractivity contribution in [2.75, 3.05) is 12.4 Å². The molecule has 178 valence electrons. The van der Waals surface area contributed by atoms with Crippen molar-refractivity contribution in [1.82, 2.24) is 14.9 Å². The molecule has 0 fully saturated rings. The van der Waals surface area contributed by atoms with E-state index in [4.69, 9.17) is 9.47 Å². The molecule has 10 heteroatoms. The van der Waals surface area contributed by atoms with Crippen LogP contribution >= 0.6 is 11.3 Å². The van der Waals surface area contributed by atoms with Crippen LogP contribution in [0.4, 0.5) is 14.3 Å². The lowest BCUT2D eigenvalue weighted by atomic mass is 9.98. The first kappa shape index (κ1) is 23.6. The maximum atomic E-state index is 14.8. The Morgan fingerprint density at radius 1 is 1.24 bits per heavy atom. The number of halogens is 1. The van der Waals surface area contributed by atoms with E-state index < -0.39 is 23.4 Å². The molecular weight excluding hydrogens is 459 g/mol. The number of rotatable bonds is 4. The molecule has 0 saturated heterocycles. The predicted molar refractivity (Wildman–Crippen MR) is 126 cm³/mol. The van der Waals surface area contributed by atoms with Crippen molar-refractivity contribution in [2.24, 2.45) is 0 Å². The first-order valence-electron chi connectivity index (χ1n) is 10.6. The molecule has 0 bridgehead atoms. The van der Waals surface area contributed by atoms with Crippen LogP contribution in [0.2, 0.25) is 0 Å². The molecule has 1 aliphatic rings. The molecule has 3 aromatic rings. The second kappa shape index (κ2) is 9.02. The van der Waals surface area contributed by atoms with E-state index in [2.05, 4.69) is 15.3 Å². The third-order valence-electron chi connectivity index (χ3n) is 5.08. The number of nitrogens with one attached hydrogen (secondary N) is 1. The third kappa shape index (κ3) is 4.86. The van der Waals surface area contributed by atoms with Gasteiger partial charge in [0.15, 0.2) is 5.13 Å². The summed E-state index contributed by atoms with van der Waals surface area (Å²) in [5.41, 5.74) is 1.52. The number of aryl methyl sites for hydroxylation is 1. The number of anilines is 1. The van der Waals surface area contributed by atoms with Gasteiger partial charge in [-0.05, 0) is 45.9 Å². The summed E-state index contributed by atoms with van der Waals surface area (Å²) < 4.78 is 25.5. The molecule has 2 aromatic heterocycles. The molecule has 0 unspecified atom stereocenters. The number of thiazole rings is 1. The molecule has 8 nitrogen and oxygen atoms in total. The van der Waals surface area contributed by atoms with Crippen LogP contribution in [0.5, 0.6) is 5.75 Å². The number of aromatic nitrogens is 2. The largest absolute Gasteiger partial charge is 0.496 e. The Bertz CT molecular complexity index is 1240. The zero-order valence-electron chi connectivity index (χ0n) is 19.6. The van der Waals surface area contributed by atoms with Gasteiger partial charge in [0, 0.05) is 17.5 Å². The van der Waals surface area contributed by atoms with Gasteiger partial charge in [-0.1, -0.05) is 17.4 Å². The third-order valence-corrected chi connectivity index (χ3v) is 6.07. The summed E-state index contributed by atoms with van der Waals surface area (Å²) in [4.78, 5) is 36.6. The molecule has 0 aliphatic carbocycles. The first-order valence-corrected chi connectivity index (χ1v) is 11.4. The first-order chi connectivity index (χ1) is 16.1. The van der Waals surface area contributed by atoms with Gasteiger partial charge >= 0.3 is 6.09 Å². The van der Waals surface area contributed by atoms with E-state index in [1.165, 1.54) is 30.7 Å². The molecule has 4 rings (SSSR count). The van der Waals surface area contributed by atoms with Gasteiger partial charge < -0.3 is 9.47 Å². The highest BCUT2D eigenvalue weighted by Gasteiger charge is 2.31. The summed E-state index contributed by atoms with van der Waals surface area (Å²) in [5, 5.41) is 3.18. The standard InChI is InChI=1S/C24H25FN4O4S/c1-13-9-14(20-16(25)7-6-8-18(20)32-5)15(10-26-13)21(30)28-22-27-17-11-29(12-19(17)34-22)23(31)33-24(2,3)4/h6-10H,11-12H2,1-5H3,(H,27,28,30). The lowest BCUT2D eigenvalue weighted by molar-refractivity contribution is 0.0241. The number of pyridine rings is 1.